The van der Waals surface area contributed by atoms with Crippen LogP contribution >= 0.6 is 0 Å². The molecule has 0 aliphatic heterocycles. The number of benzene rings is 1. The Morgan fingerprint density at radius 2 is 1.79 bits per heavy atom. The van der Waals surface area contributed by atoms with Gasteiger partial charge in [0.1, 0.15) is 11.5 Å². The summed E-state index contributed by atoms with van der Waals surface area (Å²) in [6.45, 7) is 7.43. The Kier molecular flexibility index (Phi) is 5.63. The van der Waals surface area contributed by atoms with Crippen LogP contribution in [-0.4, -0.2) is 11.9 Å². The van der Waals surface area contributed by atoms with Gasteiger partial charge in [0.2, 0.25) is 5.91 Å². The highest BCUT2D eigenvalue weighted by Gasteiger charge is 2.15. The van der Waals surface area contributed by atoms with Crippen LogP contribution in [0.1, 0.15) is 43.4 Å². The van der Waals surface area contributed by atoms with Gasteiger partial charge in [-0.05, 0) is 45.0 Å². The molecule has 0 aliphatic carbocycles. The van der Waals surface area contributed by atoms with E-state index < -0.39 is 0 Å². The summed E-state index contributed by atoms with van der Waals surface area (Å²) in [5, 5.41) is 8.40. The number of amides is 3. The minimum Gasteiger partial charge on any atom is -0.466 e. The fourth-order valence-corrected chi connectivity index (χ4v) is 2.45. The van der Waals surface area contributed by atoms with Crippen molar-refractivity contribution < 1.29 is 14.0 Å². The van der Waals surface area contributed by atoms with E-state index in [0.717, 1.165) is 17.1 Å². The Hall–Kier alpha value is -2.76. The number of furan rings is 1. The Morgan fingerprint density at radius 1 is 1.12 bits per heavy atom. The summed E-state index contributed by atoms with van der Waals surface area (Å²) in [4.78, 5) is 23.6. The van der Waals surface area contributed by atoms with Crippen LogP contribution in [0.25, 0.3) is 0 Å². The third kappa shape index (κ3) is 4.62. The van der Waals surface area contributed by atoms with E-state index >= 15 is 0 Å². The minimum absolute atomic E-state index is 0.0731. The Labute approximate surface area is 141 Å². The molecular weight excluding hydrogens is 306 g/mol. The number of carbonyl (C=O) groups excluding carboxylic acids is 2. The SMILES string of the molecule is CCC(=O)Nc1cccc(NC(=O)NC(C)c2cc(C)oc2C)c1. The topological polar surface area (TPSA) is 83.4 Å². The third-order valence-corrected chi connectivity index (χ3v) is 3.62. The van der Waals surface area contributed by atoms with Crippen molar-refractivity contribution in [1.82, 2.24) is 5.32 Å². The Balaban J connectivity index is 1.98. The van der Waals surface area contributed by atoms with Crippen molar-refractivity contribution in [2.45, 2.75) is 40.2 Å². The van der Waals surface area contributed by atoms with Crippen LogP contribution in [0.2, 0.25) is 0 Å². The lowest BCUT2D eigenvalue weighted by Gasteiger charge is -2.14. The van der Waals surface area contributed by atoms with E-state index in [2.05, 4.69) is 16.0 Å². The summed E-state index contributed by atoms with van der Waals surface area (Å²) < 4.78 is 5.49. The van der Waals surface area contributed by atoms with Crippen LogP contribution in [0.15, 0.2) is 34.7 Å². The second-order valence-corrected chi connectivity index (χ2v) is 5.67. The summed E-state index contributed by atoms with van der Waals surface area (Å²) in [6.07, 6.45) is 0.402. The van der Waals surface area contributed by atoms with Crippen LogP contribution in [0.3, 0.4) is 0 Å². The maximum atomic E-state index is 12.2. The molecule has 1 unspecified atom stereocenters. The molecule has 1 atom stereocenters. The fourth-order valence-electron chi connectivity index (χ4n) is 2.45. The number of rotatable bonds is 5. The molecule has 24 heavy (non-hydrogen) atoms. The highest BCUT2D eigenvalue weighted by molar-refractivity contribution is 5.93. The molecule has 0 saturated carbocycles. The Bertz CT molecular complexity index is 737. The number of urea groups is 1. The van der Waals surface area contributed by atoms with E-state index in [4.69, 9.17) is 4.42 Å². The zero-order valence-corrected chi connectivity index (χ0v) is 14.4. The van der Waals surface area contributed by atoms with Crippen LogP contribution in [0.4, 0.5) is 16.2 Å². The second-order valence-electron chi connectivity index (χ2n) is 5.67. The zero-order chi connectivity index (χ0) is 17.7. The molecule has 3 N–H and O–H groups in total. The van der Waals surface area contributed by atoms with Gasteiger partial charge in [-0.3, -0.25) is 4.79 Å². The third-order valence-electron chi connectivity index (χ3n) is 3.62. The predicted octanol–water partition coefficient (Wildman–Crippen LogP) is 4.13. The van der Waals surface area contributed by atoms with Gasteiger partial charge in [-0.2, -0.15) is 0 Å². The van der Waals surface area contributed by atoms with Gasteiger partial charge in [-0.1, -0.05) is 13.0 Å². The molecule has 0 spiro atoms. The normalized spacial score (nSPS) is 11.7. The first-order valence-electron chi connectivity index (χ1n) is 7.93. The summed E-state index contributed by atoms with van der Waals surface area (Å²) in [5.41, 5.74) is 2.20. The summed E-state index contributed by atoms with van der Waals surface area (Å²) in [5.74, 6) is 1.54. The van der Waals surface area contributed by atoms with E-state index in [1.165, 1.54) is 0 Å². The van der Waals surface area contributed by atoms with Gasteiger partial charge in [0.25, 0.3) is 0 Å². The maximum absolute atomic E-state index is 12.2. The largest absolute Gasteiger partial charge is 0.466 e. The molecule has 2 aromatic rings. The second kappa shape index (κ2) is 7.68. The quantitative estimate of drug-likeness (QED) is 0.771. The first kappa shape index (κ1) is 17.6. The van der Waals surface area contributed by atoms with Crippen molar-refractivity contribution in [1.29, 1.82) is 0 Å². The molecule has 0 radical (unpaired) electrons. The molecule has 6 nitrogen and oxygen atoms in total. The van der Waals surface area contributed by atoms with E-state index in [9.17, 15) is 9.59 Å². The van der Waals surface area contributed by atoms with E-state index in [1.807, 2.05) is 26.8 Å². The Morgan fingerprint density at radius 3 is 2.38 bits per heavy atom. The highest BCUT2D eigenvalue weighted by Crippen LogP contribution is 2.21. The molecule has 6 heteroatoms. The molecule has 3 amide bonds. The molecule has 1 aromatic carbocycles. The minimum atomic E-state index is -0.320. The van der Waals surface area contributed by atoms with E-state index in [0.29, 0.717) is 17.8 Å². The van der Waals surface area contributed by atoms with Gasteiger partial charge >= 0.3 is 6.03 Å². The van der Waals surface area contributed by atoms with Crippen molar-refractivity contribution >= 4 is 23.3 Å². The molecule has 1 heterocycles. The molecule has 128 valence electrons. The van der Waals surface area contributed by atoms with Crippen LogP contribution in [0, 0.1) is 13.8 Å². The number of hydrogen-bond donors (Lipinski definition) is 3. The molecule has 0 fully saturated rings. The van der Waals surface area contributed by atoms with E-state index in [1.54, 1.807) is 31.2 Å². The molecule has 2 rings (SSSR count). The monoisotopic (exact) mass is 329 g/mol. The molecule has 0 saturated heterocycles. The lowest BCUT2D eigenvalue weighted by atomic mass is 10.1. The average molecular weight is 329 g/mol. The van der Waals surface area contributed by atoms with Gasteiger partial charge in [-0.25, -0.2) is 4.79 Å². The molecule has 0 aliphatic rings. The summed E-state index contributed by atoms with van der Waals surface area (Å²) >= 11 is 0. The number of hydrogen-bond acceptors (Lipinski definition) is 3. The first-order chi connectivity index (χ1) is 11.4. The number of anilines is 2. The van der Waals surface area contributed by atoms with Gasteiger partial charge in [-0.15, -0.1) is 0 Å². The number of aryl methyl sites for hydroxylation is 2. The van der Waals surface area contributed by atoms with Crippen LogP contribution in [0.5, 0.6) is 0 Å². The van der Waals surface area contributed by atoms with Crippen LogP contribution < -0.4 is 16.0 Å². The lowest BCUT2D eigenvalue weighted by Crippen LogP contribution is -2.31. The first-order valence-corrected chi connectivity index (χ1v) is 7.93. The van der Waals surface area contributed by atoms with Crippen molar-refractivity contribution in [3.63, 3.8) is 0 Å². The van der Waals surface area contributed by atoms with Gasteiger partial charge in [0.05, 0.1) is 6.04 Å². The van der Waals surface area contributed by atoms with Gasteiger partial charge in [0.15, 0.2) is 0 Å². The number of nitrogens with one attached hydrogen (secondary N) is 3. The molecular formula is C18H23N3O3. The summed E-state index contributed by atoms with van der Waals surface area (Å²) in [6, 6.07) is 8.45. The van der Waals surface area contributed by atoms with Crippen molar-refractivity contribution in [2.24, 2.45) is 0 Å². The van der Waals surface area contributed by atoms with Crippen LogP contribution in [-0.2, 0) is 4.79 Å². The maximum Gasteiger partial charge on any atom is 0.319 e. The average Bonchev–Trinajstić information content (AvgIpc) is 2.86. The van der Waals surface area contributed by atoms with Gasteiger partial charge in [0, 0.05) is 23.4 Å². The zero-order valence-electron chi connectivity index (χ0n) is 14.4. The predicted molar refractivity (Wildman–Crippen MR) is 94.1 cm³/mol. The summed E-state index contributed by atoms with van der Waals surface area (Å²) in [7, 11) is 0. The number of carbonyl (C=O) groups is 2. The van der Waals surface area contributed by atoms with Crippen molar-refractivity contribution in [3.8, 4) is 0 Å². The van der Waals surface area contributed by atoms with Crippen molar-refractivity contribution in [2.75, 3.05) is 10.6 Å². The fraction of sp³-hybridized carbons (Fsp3) is 0.333. The highest BCUT2D eigenvalue weighted by atomic mass is 16.3. The molecule has 0 bridgehead atoms. The lowest BCUT2D eigenvalue weighted by molar-refractivity contribution is -0.115. The van der Waals surface area contributed by atoms with Crippen molar-refractivity contribution in [3.05, 3.63) is 47.4 Å². The smallest absolute Gasteiger partial charge is 0.319 e. The van der Waals surface area contributed by atoms with Gasteiger partial charge < -0.3 is 20.4 Å². The molecule has 1 aromatic heterocycles. The van der Waals surface area contributed by atoms with E-state index in [-0.39, 0.29) is 18.0 Å². The standard InChI is InChI=1S/C18H23N3O3/c1-5-17(22)20-14-7-6-8-15(10-14)21-18(23)19-12(3)16-9-11(2)24-13(16)4/h6-10,12H,5H2,1-4H3,(H,20,22)(H2,19,21,23).